The molecule has 2 nitrogen and oxygen atoms in total. The number of rotatable bonds is 2. The molecule has 0 amide bonds. The van der Waals surface area contributed by atoms with Crippen LogP contribution in [0.1, 0.15) is 18.4 Å². The molecule has 1 saturated heterocycles. The molecule has 0 radical (unpaired) electrons. The van der Waals surface area contributed by atoms with Crippen LogP contribution in [0.2, 0.25) is 0 Å². The highest BCUT2D eigenvalue weighted by Crippen LogP contribution is 2.28. The lowest BCUT2D eigenvalue weighted by molar-refractivity contribution is -0.120. The third kappa shape index (κ3) is 1.70. The molecule has 0 aromatic heterocycles. The summed E-state index contributed by atoms with van der Waals surface area (Å²) >= 11 is 0. The van der Waals surface area contributed by atoms with E-state index in [1.54, 1.807) is 6.92 Å². The molecule has 0 spiro atoms. The van der Waals surface area contributed by atoms with E-state index in [0.29, 0.717) is 11.7 Å². The number of carbonyl (C=O) groups is 1. The summed E-state index contributed by atoms with van der Waals surface area (Å²) in [5, 5.41) is 3.28. The average Bonchev–Trinajstić information content (AvgIpc) is 2.67. The molecule has 2 atom stereocenters. The third-order valence-electron chi connectivity index (χ3n) is 2.96. The summed E-state index contributed by atoms with van der Waals surface area (Å²) in [7, 11) is 0. The standard InChI is InChI=1S/C12H15NO/c1-9(14)11-7-13-8-12(11)10-5-3-2-4-6-10/h2-6,11-13H,7-8H2,1H3. The van der Waals surface area contributed by atoms with Crippen LogP contribution in [-0.2, 0) is 4.79 Å². The van der Waals surface area contributed by atoms with Crippen molar-refractivity contribution in [3.05, 3.63) is 35.9 Å². The maximum absolute atomic E-state index is 11.4. The normalized spacial score (nSPS) is 26.4. The fourth-order valence-corrected chi connectivity index (χ4v) is 2.16. The molecule has 0 aliphatic carbocycles. The van der Waals surface area contributed by atoms with Crippen molar-refractivity contribution in [2.24, 2.45) is 5.92 Å². The van der Waals surface area contributed by atoms with Crippen molar-refractivity contribution in [3.8, 4) is 0 Å². The van der Waals surface area contributed by atoms with Gasteiger partial charge in [-0.25, -0.2) is 0 Å². The number of ketones is 1. The van der Waals surface area contributed by atoms with E-state index in [1.807, 2.05) is 18.2 Å². The molecule has 1 heterocycles. The Morgan fingerprint density at radius 1 is 1.29 bits per heavy atom. The van der Waals surface area contributed by atoms with Crippen LogP contribution in [0.4, 0.5) is 0 Å². The molecule has 1 aromatic carbocycles. The van der Waals surface area contributed by atoms with E-state index < -0.39 is 0 Å². The number of nitrogens with one attached hydrogen (secondary N) is 1. The fraction of sp³-hybridized carbons (Fsp3) is 0.417. The van der Waals surface area contributed by atoms with Gasteiger partial charge in [-0.05, 0) is 12.5 Å². The van der Waals surface area contributed by atoms with Gasteiger partial charge in [-0.2, -0.15) is 0 Å². The van der Waals surface area contributed by atoms with Gasteiger partial charge in [0.2, 0.25) is 0 Å². The van der Waals surface area contributed by atoms with Gasteiger partial charge in [0.15, 0.2) is 0 Å². The first-order chi connectivity index (χ1) is 6.79. The molecule has 0 bridgehead atoms. The number of benzene rings is 1. The minimum Gasteiger partial charge on any atom is -0.315 e. The SMILES string of the molecule is CC(=O)C1CNCC1c1ccccc1. The second-order valence-electron chi connectivity index (χ2n) is 3.89. The topological polar surface area (TPSA) is 29.1 Å². The summed E-state index contributed by atoms with van der Waals surface area (Å²) in [5.41, 5.74) is 1.28. The van der Waals surface area contributed by atoms with E-state index in [1.165, 1.54) is 5.56 Å². The number of carbonyl (C=O) groups excluding carboxylic acids is 1. The van der Waals surface area contributed by atoms with Crippen LogP contribution in [0.5, 0.6) is 0 Å². The smallest absolute Gasteiger partial charge is 0.134 e. The van der Waals surface area contributed by atoms with E-state index >= 15 is 0 Å². The van der Waals surface area contributed by atoms with Crippen molar-refractivity contribution >= 4 is 5.78 Å². The van der Waals surface area contributed by atoms with Crippen molar-refractivity contribution < 1.29 is 4.79 Å². The highest BCUT2D eigenvalue weighted by atomic mass is 16.1. The number of Topliss-reactive ketones (excluding diaryl/α,β-unsaturated/α-hetero) is 1. The first-order valence-corrected chi connectivity index (χ1v) is 5.05. The lowest BCUT2D eigenvalue weighted by Crippen LogP contribution is -2.18. The molecule has 1 aliphatic heterocycles. The Labute approximate surface area is 84.3 Å². The molecular weight excluding hydrogens is 174 g/mol. The summed E-state index contributed by atoms with van der Waals surface area (Å²) in [5.74, 6) is 0.829. The van der Waals surface area contributed by atoms with Crippen molar-refractivity contribution in [2.75, 3.05) is 13.1 Å². The summed E-state index contributed by atoms with van der Waals surface area (Å²) in [6, 6.07) is 10.3. The van der Waals surface area contributed by atoms with Crippen LogP contribution in [0, 0.1) is 5.92 Å². The van der Waals surface area contributed by atoms with E-state index in [0.717, 1.165) is 13.1 Å². The molecule has 1 aromatic rings. The second-order valence-corrected chi connectivity index (χ2v) is 3.89. The second kappa shape index (κ2) is 3.93. The molecular formula is C12H15NO. The van der Waals surface area contributed by atoms with Gasteiger partial charge in [-0.3, -0.25) is 4.79 Å². The monoisotopic (exact) mass is 189 g/mol. The molecule has 1 fully saturated rings. The summed E-state index contributed by atoms with van der Waals surface area (Å²) in [6.07, 6.45) is 0. The molecule has 74 valence electrons. The van der Waals surface area contributed by atoms with E-state index in [4.69, 9.17) is 0 Å². The van der Waals surface area contributed by atoms with Crippen LogP contribution in [0.15, 0.2) is 30.3 Å². The largest absolute Gasteiger partial charge is 0.315 e. The first-order valence-electron chi connectivity index (χ1n) is 5.05. The third-order valence-corrected chi connectivity index (χ3v) is 2.96. The minimum absolute atomic E-state index is 0.164. The van der Waals surface area contributed by atoms with Crippen molar-refractivity contribution in [2.45, 2.75) is 12.8 Å². The Morgan fingerprint density at radius 3 is 2.64 bits per heavy atom. The predicted octanol–water partition coefficient (Wildman–Crippen LogP) is 1.58. The van der Waals surface area contributed by atoms with Crippen molar-refractivity contribution in [1.82, 2.24) is 5.32 Å². The van der Waals surface area contributed by atoms with Crippen LogP contribution in [-0.4, -0.2) is 18.9 Å². The van der Waals surface area contributed by atoms with E-state index in [2.05, 4.69) is 17.4 Å². The Morgan fingerprint density at radius 2 is 2.00 bits per heavy atom. The van der Waals surface area contributed by atoms with Crippen molar-refractivity contribution in [1.29, 1.82) is 0 Å². The van der Waals surface area contributed by atoms with Gasteiger partial charge in [0.05, 0.1) is 0 Å². The van der Waals surface area contributed by atoms with Crippen molar-refractivity contribution in [3.63, 3.8) is 0 Å². The quantitative estimate of drug-likeness (QED) is 0.765. The maximum atomic E-state index is 11.4. The summed E-state index contributed by atoms with van der Waals surface area (Å²) in [6.45, 7) is 3.44. The molecule has 2 rings (SSSR count). The van der Waals surface area contributed by atoms with Crippen LogP contribution >= 0.6 is 0 Å². The zero-order valence-corrected chi connectivity index (χ0v) is 8.36. The van der Waals surface area contributed by atoms with E-state index in [-0.39, 0.29) is 5.92 Å². The zero-order chi connectivity index (χ0) is 9.97. The summed E-state index contributed by atoms with van der Waals surface area (Å²) in [4.78, 5) is 11.4. The lowest BCUT2D eigenvalue weighted by Gasteiger charge is -2.15. The predicted molar refractivity (Wildman–Crippen MR) is 56.2 cm³/mol. The van der Waals surface area contributed by atoms with E-state index in [9.17, 15) is 4.79 Å². The van der Waals surface area contributed by atoms with Gasteiger partial charge >= 0.3 is 0 Å². The van der Waals surface area contributed by atoms with Gasteiger partial charge in [-0.1, -0.05) is 30.3 Å². The number of hydrogen-bond acceptors (Lipinski definition) is 2. The Kier molecular flexibility index (Phi) is 2.64. The highest BCUT2D eigenvalue weighted by molar-refractivity contribution is 5.80. The first kappa shape index (κ1) is 9.41. The summed E-state index contributed by atoms with van der Waals surface area (Å²) < 4.78 is 0. The van der Waals surface area contributed by atoms with Crippen LogP contribution < -0.4 is 5.32 Å². The molecule has 1 aliphatic rings. The van der Waals surface area contributed by atoms with Gasteiger partial charge < -0.3 is 5.32 Å². The molecule has 2 unspecified atom stereocenters. The molecule has 2 heteroatoms. The lowest BCUT2D eigenvalue weighted by atomic mass is 9.87. The van der Waals surface area contributed by atoms with Crippen LogP contribution in [0.25, 0.3) is 0 Å². The van der Waals surface area contributed by atoms with Gasteiger partial charge in [0.1, 0.15) is 5.78 Å². The van der Waals surface area contributed by atoms with Crippen LogP contribution in [0.3, 0.4) is 0 Å². The maximum Gasteiger partial charge on any atom is 0.134 e. The van der Waals surface area contributed by atoms with Gasteiger partial charge in [0.25, 0.3) is 0 Å². The molecule has 14 heavy (non-hydrogen) atoms. The van der Waals surface area contributed by atoms with Gasteiger partial charge in [0, 0.05) is 24.9 Å². The Hall–Kier alpha value is -1.15. The minimum atomic E-state index is 0.164. The molecule has 1 N–H and O–H groups in total. The zero-order valence-electron chi connectivity index (χ0n) is 8.36. The Bertz CT molecular complexity index is 320. The highest BCUT2D eigenvalue weighted by Gasteiger charge is 2.31. The average molecular weight is 189 g/mol. The fourth-order valence-electron chi connectivity index (χ4n) is 2.16. The Balaban J connectivity index is 2.22. The molecule has 0 saturated carbocycles. The van der Waals surface area contributed by atoms with Gasteiger partial charge in [-0.15, -0.1) is 0 Å². The number of hydrogen-bond donors (Lipinski definition) is 1.